The van der Waals surface area contributed by atoms with Gasteiger partial charge in [-0.3, -0.25) is 9.59 Å². The number of nitrogens with zero attached hydrogens (tertiary/aromatic N) is 3. The number of nitrogens with two attached hydrogens (primary N) is 1. The molecule has 0 aromatic heterocycles. The predicted molar refractivity (Wildman–Crippen MR) is 177 cm³/mol. The van der Waals surface area contributed by atoms with Gasteiger partial charge >= 0.3 is 0 Å². The van der Waals surface area contributed by atoms with E-state index in [1.54, 1.807) is 6.07 Å². The number of piperazine rings is 1. The number of thiocarbonyl (C=S) groups is 1. The zero-order valence-corrected chi connectivity index (χ0v) is 26.7. The van der Waals surface area contributed by atoms with Crippen molar-refractivity contribution < 1.29 is 23.5 Å². The molecular weight excluding hydrogens is 590 g/mol. The lowest BCUT2D eigenvalue weighted by molar-refractivity contribution is -0.119. The van der Waals surface area contributed by atoms with Crippen molar-refractivity contribution in [1.29, 1.82) is 0 Å². The minimum Gasteiger partial charge on any atom is -0.471 e. The van der Waals surface area contributed by atoms with Crippen LogP contribution in [0, 0.1) is 5.82 Å². The summed E-state index contributed by atoms with van der Waals surface area (Å²) in [6.07, 6.45) is 5.63. The standard InChI is InChI=1S/C30H39FN4O3S2.CH3NO/c1-4-6-29-35(19-25(38-29)20-37-5-2)24-11-12-27(26(31)18-24)34-15-13-33(14-16-34)23-9-7-22(8-10-23)17-28(40-3)30(36)32-21-39;2-1-3/h6-12,18,21,25,28H,4-5,13-17,19-20H2,1-3H3,(H,32,36,39);1H,(H2,2,3)/b29-6+;. The van der Waals surface area contributed by atoms with Gasteiger partial charge in [-0.15, -0.1) is 0 Å². The van der Waals surface area contributed by atoms with Gasteiger partial charge in [-0.2, -0.15) is 11.8 Å². The molecule has 2 heterocycles. The average molecular weight is 632 g/mol. The first-order chi connectivity index (χ1) is 20.9. The third-order valence-corrected chi connectivity index (χ3v) is 8.26. The molecule has 0 bridgehead atoms. The molecule has 4 rings (SSSR count). The Morgan fingerprint density at radius 3 is 2.40 bits per heavy atom. The van der Waals surface area contributed by atoms with E-state index in [1.165, 1.54) is 17.3 Å². The summed E-state index contributed by atoms with van der Waals surface area (Å²) in [4.78, 5) is 27.2. The Kier molecular flexibility index (Phi) is 14.0. The van der Waals surface area contributed by atoms with Crippen LogP contribution in [0.5, 0.6) is 0 Å². The van der Waals surface area contributed by atoms with E-state index in [9.17, 15) is 4.79 Å². The molecule has 0 spiro atoms. The summed E-state index contributed by atoms with van der Waals surface area (Å²) in [6.45, 7) is 8.89. The molecule has 2 aliphatic heterocycles. The lowest BCUT2D eigenvalue weighted by Crippen LogP contribution is -2.46. The number of amides is 2. The van der Waals surface area contributed by atoms with Gasteiger partial charge < -0.3 is 35.2 Å². The van der Waals surface area contributed by atoms with E-state index in [0.717, 1.165) is 55.4 Å². The van der Waals surface area contributed by atoms with Crippen molar-refractivity contribution in [3.05, 3.63) is 65.8 Å². The lowest BCUT2D eigenvalue weighted by atomic mass is 10.1. The number of hydrogen-bond acceptors (Lipinski definition) is 9. The van der Waals surface area contributed by atoms with Crippen molar-refractivity contribution in [2.24, 2.45) is 5.73 Å². The molecule has 234 valence electrons. The minimum atomic E-state index is -0.222. The second-order valence-electron chi connectivity index (χ2n) is 9.93. The number of carbonyl (C=O) groups excluding carboxylic acids is 2. The molecule has 2 aromatic carbocycles. The number of benzene rings is 2. The second kappa shape index (κ2) is 17.7. The summed E-state index contributed by atoms with van der Waals surface area (Å²) < 4.78 is 27.0. The first-order valence-electron chi connectivity index (χ1n) is 14.4. The number of hydrogen-bond donors (Lipinski definition) is 2. The Bertz CT molecular complexity index is 1230. The van der Waals surface area contributed by atoms with Gasteiger partial charge in [0.25, 0.3) is 0 Å². The van der Waals surface area contributed by atoms with Crippen LogP contribution in [0.3, 0.4) is 0 Å². The number of primary amides is 1. The number of anilines is 3. The second-order valence-corrected chi connectivity index (χ2v) is 11.2. The molecule has 2 atom stereocenters. The number of halogens is 1. The van der Waals surface area contributed by atoms with Gasteiger partial charge in [-0.05, 0) is 68.0 Å². The van der Waals surface area contributed by atoms with E-state index in [-0.39, 0.29) is 29.5 Å². The fraction of sp³-hybridized carbons (Fsp3) is 0.452. The van der Waals surface area contributed by atoms with Gasteiger partial charge in [-0.1, -0.05) is 31.3 Å². The predicted octanol–water partition coefficient (Wildman–Crippen LogP) is 4.09. The fourth-order valence-electron chi connectivity index (χ4n) is 5.08. The molecule has 2 aliphatic rings. The van der Waals surface area contributed by atoms with Crippen molar-refractivity contribution in [3.63, 3.8) is 0 Å². The van der Waals surface area contributed by atoms with Gasteiger partial charge in [-0.25, -0.2) is 4.39 Å². The van der Waals surface area contributed by atoms with E-state index in [4.69, 9.17) is 26.5 Å². The third kappa shape index (κ3) is 9.57. The number of ether oxygens (including phenoxy) is 2. The molecule has 2 aromatic rings. The van der Waals surface area contributed by atoms with E-state index in [1.807, 2.05) is 36.3 Å². The Hall–Kier alpha value is -3.35. The summed E-state index contributed by atoms with van der Waals surface area (Å²) in [5, 5.41) is 2.43. The summed E-state index contributed by atoms with van der Waals surface area (Å²) in [7, 11) is 0. The number of rotatable bonds is 12. The van der Waals surface area contributed by atoms with Crippen molar-refractivity contribution in [2.45, 2.75) is 38.0 Å². The van der Waals surface area contributed by atoms with E-state index in [0.29, 0.717) is 31.9 Å². The summed E-state index contributed by atoms with van der Waals surface area (Å²) in [5.41, 5.74) is 9.09. The third-order valence-electron chi connectivity index (χ3n) is 7.19. The first-order valence-corrected chi connectivity index (χ1v) is 16.2. The molecule has 2 unspecified atom stereocenters. The number of carbonyl (C=O) groups is 2. The number of allylic oxidation sites excluding steroid dienone is 1. The van der Waals surface area contributed by atoms with Crippen LogP contribution in [0.15, 0.2) is 54.4 Å². The smallest absolute Gasteiger partial charge is 0.237 e. The average Bonchev–Trinajstić information content (AvgIpc) is 3.42. The van der Waals surface area contributed by atoms with Crippen LogP contribution in [0.1, 0.15) is 25.8 Å². The quantitative estimate of drug-likeness (QED) is 0.265. The molecule has 2 fully saturated rings. The highest BCUT2D eigenvalue weighted by atomic mass is 32.2. The maximum absolute atomic E-state index is 15.4. The van der Waals surface area contributed by atoms with Gasteiger partial charge in [0, 0.05) is 44.2 Å². The molecule has 2 amide bonds. The Morgan fingerprint density at radius 2 is 1.81 bits per heavy atom. The van der Waals surface area contributed by atoms with Crippen LogP contribution in [0.25, 0.3) is 0 Å². The Balaban J connectivity index is 0.00000162. The molecular formula is C31H42FN5O4S2. The van der Waals surface area contributed by atoms with Gasteiger partial charge in [0.2, 0.25) is 12.3 Å². The van der Waals surface area contributed by atoms with Crippen LogP contribution in [-0.2, 0) is 25.5 Å². The highest BCUT2D eigenvalue weighted by Crippen LogP contribution is 2.32. The SMILES string of the molecule is CC/C=C1/OC(COCC)CN1c1ccc(N2CCN(c3ccc(CC(SC)C(=O)NC=S)cc3)CC2)c(F)c1.NC=O. The zero-order chi connectivity index (χ0) is 31.2. The van der Waals surface area contributed by atoms with E-state index in [2.05, 4.69) is 52.0 Å². The minimum absolute atomic E-state index is 0.0651. The highest BCUT2D eigenvalue weighted by molar-refractivity contribution is 7.99. The molecule has 2 saturated heterocycles. The zero-order valence-electron chi connectivity index (χ0n) is 25.0. The van der Waals surface area contributed by atoms with Crippen LogP contribution in [0.4, 0.5) is 21.5 Å². The van der Waals surface area contributed by atoms with Crippen molar-refractivity contribution >= 4 is 58.9 Å². The van der Waals surface area contributed by atoms with Crippen LogP contribution >= 0.6 is 24.0 Å². The Morgan fingerprint density at radius 1 is 1.16 bits per heavy atom. The van der Waals surface area contributed by atoms with E-state index >= 15 is 4.39 Å². The molecule has 9 nitrogen and oxygen atoms in total. The maximum atomic E-state index is 15.4. The van der Waals surface area contributed by atoms with Crippen molar-refractivity contribution in [2.75, 3.05) is 66.9 Å². The molecule has 12 heteroatoms. The Labute approximate surface area is 263 Å². The van der Waals surface area contributed by atoms with Gasteiger partial charge in [0.1, 0.15) is 11.9 Å². The monoisotopic (exact) mass is 631 g/mol. The summed E-state index contributed by atoms with van der Waals surface area (Å²) >= 11 is 6.26. The number of thioether (sulfide) groups is 1. The van der Waals surface area contributed by atoms with Crippen molar-refractivity contribution in [3.8, 4) is 0 Å². The molecule has 0 saturated carbocycles. The largest absolute Gasteiger partial charge is 0.471 e. The topological polar surface area (TPSA) is 100 Å². The molecule has 43 heavy (non-hydrogen) atoms. The summed E-state index contributed by atoms with van der Waals surface area (Å²) in [5.74, 6) is 0.474. The lowest BCUT2D eigenvalue weighted by Gasteiger charge is -2.37. The maximum Gasteiger partial charge on any atom is 0.237 e. The highest BCUT2D eigenvalue weighted by Gasteiger charge is 2.30. The first kappa shape index (κ1) is 34.1. The number of nitrogens with one attached hydrogen (secondary N) is 1. The molecule has 3 N–H and O–H groups in total. The molecule has 0 aliphatic carbocycles. The van der Waals surface area contributed by atoms with Crippen molar-refractivity contribution in [1.82, 2.24) is 5.32 Å². The van der Waals surface area contributed by atoms with Gasteiger partial charge in [0.15, 0.2) is 5.88 Å². The molecule has 0 radical (unpaired) electrons. The van der Waals surface area contributed by atoms with Crippen LogP contribution in [-0.4, -0.2) is 81.4 Å². The van der Waals surface area contributed by atoms with Crippen LogP contribution in [0.2, 0.25) is 0 Å². The summed E-state index contributed by atoms with van der Waals surface area (Å²) in [6, 6.07) is 13.9. The van der Waals surface area contributed by atoms with E-state index < -0.39 is 0 Å². The fourth-order valence-corrected chi connectivity index (χ4v) is 5.84. The normalized spacial score (nSPS) is 18.0. The van der Waals surface area contributed by atoms with Gasteiger partial charge in [0.05, 0.1) is 29.6 Å². The van der Waals surface area contributed by atoms with Crippen LogP contribution < -0.4 is 25.8 Å².